The maximum absolute atomic E-state index is 5.84. The number of fused-ring (bicyclic) bond motifs is 2. The minimum absolute atomic E-state index is 0.513. The maximum Gasteiger partial charge on any atom is 0.231 e. The summed E-state index contributed by atoms with van der Waals surface area (Å²) in [6, 6.07) is 5.72. The van der Waals surface area contributed by atoms with Gasteiger partial charge in [-0.1, -0.05) is 0 Å². The lowest BCUT2D eigenvalue weighted by Gasteiger charge is -2.07. The van der Waals surface area contributed by atoms with Gasteiger partial charge < -0.3 is 9.73 Å². The first-order valence-corrected chi connectivity index (χ1v) is 6.91. The van der Waals surface area contributed by atoms with E-state index in [0.717, 1.165) is 27.8 Å². The first kappa shape index (κ1) is 12.7. The number of oxazole rings is 1. The van der Waals surface area contributed by atoms with Crippen LogP contribution in [-0.2, 0) is 0 Å². The van der Waals surface area contributed by atoms with Crippen LogP contribution >= 0.6 is 0 Å². The Morgan fingerprint density at radius 2 is 1.95 bits per heavy atom. The number of hydrogen-bond donors (Lipinski definition) is 1. The van der Waals surface area contributed by atoms with Crippen molar-refractivity contribution in [2.45, 2.75) is 6.92 Å². The Morgan fingerprint density at radius 3 is 2.82 bits per heavy atom. The summed E-state index contributed by atoms with van der Waals surface area (Å²) in [5, 5.41) is 4.98. The predicted molar refractivity (Wildman–Crippen MR) is 84.6 cm³/mol. The van der Waals surface area contributed by atoms with E-state index in [1.807, 2.05) is 32.2 Å². The summed E-state index contributed by atoms with van der Waals surface area (Å²) in [5.41, 5.74) is 3.01. The van der Waals surface area contributed by atoms with Crippen molar-refractivity contribution in [3.8, 4) is 11.5 Å². The Labute approximate surface area is 126 Å². The standard InChI is InChI=1S/C16H13N5O/c1-9-3-4-13-15(20-9)21-16(22-13)12-8-19-14(17-2)11-7-18-6-5-10(11)12/h3-8H,1-2H3,(H,17,19). The molecule has 4 aromatic heterocycles. The highest BCUT2D eigenvalue weighted by atomic mass is 16.3. The van der Waals surface area contributed by atoms with Gasteiger partial charge in [0, 0.05) is 42.1 Å². The second-order valence-corrected chi connectivity index (χ2v) is 4.99. The van der Waals surface area contributed by atoms with Gasteiger partial charge in [-0.2, -0.15) is 4.98 Å². The molecule has 0 aliphatic carbocycles. The molecule has 108 valence electrons. The van der Waals surface area contributed by atoms with Gasteiger partial charge in [-0.25, -0.2) is 9.97 Å². The summed E-state index contributed by atoms with van der Waals surface area (Å²) >= 11 is 0. The fourth-order valence-corrected chi connectivity index (χ4v) is 2.48. The second-order valence-electron chi connectivity index (χ2n) is 4.99. The van der Waals surface area contributed by atoms with E-state index in [2.05, 4.69) is 25.3 Å². The summed E-state index contributed by atoms with van der Waals surface area (Å²) in [6.07, 6.45) is 5.28. The fraction of sp³-hybridized carbons (Fsp3) is 0.125. The second kappa shape index (κ2) is 4.77. The zero-order valence-corrected chi connectivity index (χ0v) is 12.2. The van der Waals surface area contributed by atoms with Crippen LogP contribution in [0, 0.1) is 6.92 Å². The SMILES string of the molecule is CNc1ncc(-c2nc3nc(C)ccc3o2)c2ccncc12. The van der Waals surface area contributed by atoms with Gasteiger partial charge in [-0.3, -0.25) is 4.98 Å². The lowest BCUT2D eigenvalue weighted by Crippen LogP contribution is -1.95. The summed E-state index contributed by atoms with van der Waals surface area (Å²) < 4.78 is 5.84. The fourth-order valence-electron chi connectivity index (χ4n) is 2.48. The van der Waals surface area contributed by atoms with E-state index in [9.17, 15) is 0 Å². The van der Waals surface area contributed by atoms with Gasteiger partial charge in [0.2, 0.25) is 5.89 Å². The van der Waals surface area contributed by atoms with Crippen LogP contribution in [0.4, 0.5) is 5.82 Å². The zero-order valence-electron chi connectivity index (χ0n) is 12.2. The number of nitrogens with zero attached hydrogens (tertiary/aromatic N) is 4. The minimum Gasteiger partial charge on any atom is -0.434 e. The van der Waals surface area contributed by atoms with Crippen LogP contribution < -0.4 is 5.32 Å². The highest BCUT2D eigenvalue weighted by Crippen LogP contribution is 2.31. The number of anilines is 1. The molecule has 0 aromatic carbocycles. The molecular weight excluding hydrogens is 278 g/mol. The third-order valence-corrected chi connectivity index (χ3v) is 3.55. The van der Waals surface area contributed by atoms with Crippen LogP contribution in [-0.4, -0.2) is 27.0 Å². The summed E-state index contributed by atoms with van der Waals surface area (Å²) in [7, 11) is 1.83. The third kappa shape index (κ3) is 1.88. The molecule has 4 heterocycles. The molecule has 0 saturated heterocycles. The minimum atomic E-state index is 0.513. The quantitative estimate of drug-likeness (QED) is 0.611. The van der Waals surface area contributed by atoms with Gasteiger partial charge in [0.05, 0.1) is 5.56 Å². The summed E-state index contributed by atoms with van der Waals surface area (Å²) in [4.78, 5) is 17.5. The average Bonchev–Trinajstić information content (AvgIpc) is 2.96. The molecule has 1 N–H and O–H groups in total. The monoisotopic (exact) mass is 291 g/mol. The van der Waals surface area contributed by atoms with E-state index in [1.54, 1.807) is 18.6 Å². The summed E-state index contributed by atoms with van der Waals surface area (Å²) in [6.45, 7) is 1.93. The lowest BCUT2D eigenvalue weighted by atomic mass is 10.1. The molecule has 0 amide bonds. The van der Waals surface area contributed by atoms with E-state index < -0.39 is 0 Å². The molecule has 0 spiro atoms. The third-order valence-electron chi connectivity index (χ3n) is 3.55. The van der Waals surface area contributed by atoms with Gasteiger partial charge in [0.15, 0.2) is 11.2 Å². The smallest absolute Gasteiger partial charge is 0.231 e. The molecule has 4 rings (SSSR count). The molecule has 0 saturated carbocycles. The molecule has 0 unspecified atom stereocenters. The van der Waals surface area contributed by atoms with Crippen LogP contribution in [0.25, 0.3) is 33.5 Å². The van der Waals surface area contributed by atoms with Crippen LogP contribution in [0.2, 0.25) is 0 Å². The molecule has 6 heteroatoms. The molecule has 0 radical (unpaired) electrons. The van der Waals surface area contributed by atoms with Crippen molar-refractivity contribution in [3.05, 3.63) is 42.5 Å². The first-order chi connectivity index (χ1) is 10.8. The van der Waals surface area contributed by atoms with Crippen molar-refractivity contribution >= 4 is 27.8 Å². The molecule has 22 heavy (non-hydrogen) atoms. The Kier molecular flexibility index (Phi) is 2.75. The topological polar surface area (TPSA) is 76.7 Å². The predicted octanol–water partition coefficient (Wildman–Crippen LogP) is 3.18. The van der Waals surface area contributed by atoms with E-state index in [0.29, 0.717) is 17.1 Å². The Bertz CT molecular complexity index is 992. The molecule has 0 fully saturated rings. The molecule has 6 nitrogen and oxygen atoms in total. The van der Waals surface area contributed by atoms with Crippen molar-refractivity contribution in [1.29, 1.82) is 0 Å². The van der Waals surface area contributed by atoms with E-state index in [-0.39, 0.29) is 0 Å². The Morgan fingerprint density at radius 1 is 1.05 bits per heavy atom. The van der Waals surface area contributed by atoms with Gasteiger partial charge in [0.25, 0.3) is 0 Å². The van der Waals surface area contributed by atoms with E-state index in [1.165, 1.54) is 0 Å². The van der Waals surface area contributed by atoms with Crippen LogP contribution in [0.5, 0.6) is 0 Å². The normalized spacial score (nSPS) is 11.2. The maximum atomic E-state index is 5.84. The van der Waals surface area contributed by atoms with Gasteiger partial charge in [0.1, 0.15) is 5.82 Å². The van der Waals surface area contributed by atoms with Crippen molar-refractivity contribution in [2.24, 2.45) is 0 Å². The van der Waals surface area contributed by atoms with Gasteiger partial charge in [-0.15, -0.1) is 0 Å². The van der Waals surface area contributed by atoms with Crippen LogP contribution in [0.1, 0.15) is 5.69 Å². The van der Waals surface area contributed by atoms with Gasteiger partial charge in [-0.05, 0) is 25.1 Å². The number of aryl methyl sites for hydroxylation is 1. The van der Waals surface area contributed by atoms with Crippen molar-refractivity contribution in [1.82, 2.24) is 19.9 Å². The number of rotatable bonds is 2. The summed E-state index contributed by atoms with van der Waals surface area (Å²) in [5.74, 6) is 1.29. The first-order valence-electron chi connectivity index (χ1n) is 6.91. The number of aromatic nitrogens is 4. The van der Waals surface area contributed by atoms with Crippen molar-refractivity contribution < 1.29 is 4.42 Å². The molecule has 4 aromatic rings. The highest BCUT2D eigenvalue weighted by molar-refractivity contribution is 6.00. The van der Waals surface area contributed by atoms with Crippen LogP contribution in [0.3, 0.4) is 0 Å². The van der Waals surface area contributed by atoms with E-state index >= 15 is 0 Å². The average molecular weight is 291 g/mol. The number of hydrogen-bond acceptors (Lipinski definition) is 6. The lowest BCUT2D eigenvalue weighted by molar-refractivity contribution is 0.620. The van der Waals surface area contributed by atoms with E-state index in [4.69, 9.17) is 4.42 Å². The number of nitrogens with one attached hydrogen (secondary N) is 1. The Hall–Kier alpha value is -3.02. The molecule has 0 bridgehead atoms. The largest absolute Gasteiger partial charge is 0.434 e. The van der Waals surface area contributed by atoms with Gasteiger partial charge >= 0.3 is 0 Å². The Balaban J connectivity index is 2.00. The van der Waals surface area contributed by atoms with Crippen LogP contribution in [0.15, 0.2) is 41.2 Å². The van der Waals surface area contributed by atoms with Crippen molar-refractivity contribution in [2.75, 3.05) is 12.4 Å². The highest BCUT2D eigenvalue weighted by Gasteiger charge is 2.14. The zero-order chi connectivity index (χ0) is 15.1. The number of pyridine rings is 3. The molecule has 0 aliphatic heterocycles. The van der Waals surface area contributed by atoms with Crippen molar-refractivity contribution in [3.63, 3.8) is 0 Å². The molecule has 0 aliphatic rings. The molecular formula is C16H13N5O. The molecule has 0 atom stereocenters.